The van der Waals surface area contributed by atoms with Crippen LogP contribution in [0, 0.1) is 12.8 Å². The Morgan fingerprint density at radius 3 is 2.78 bits per heavy atom. The van der Waals surface area contributed by atoms with Crippen LogP contribution >= 0.6 is 0 Å². The molecule has 18 heavy (non-hydrogen) atoms. The van der Waals surface area contributed by atoms with Crippen molar-refractivity contribution in [3.8, 4) is 0 Å². The molecule has 2 aliphatic heterocycles. The fourth-order valence-corrected chi connectivity index (χ4v) is 2.79. The molecule has 0 saturated heterocycles. The summed E-state index contributed by atoms with van der Waals surface area (Å²) in [6.45, 7) is 3.49. The first kappa shape index (κ1) is 7.67. The third-order valence-corrected chi connectivity index (χ3v) is 3.70. The van der Waals surface area contributed by atoms with Crippen LogP contribution in [0.4, 0.5) is 5.69 Å². The van der Waals surface area contributed by atoms with Gasteiger partial charge in [-0.2, -0.15) is 0 Å². The molecule has 3 rings (SSSR count). The van der Waals surface area contributed by atoms with E-state index in [-0.39, 0.29) is 0 Å². The van der Waals surface area contributed by atoms with E-state index in [1.54, 1.807) is 24.1 Å². The Bertz CT molecular complexity index is 673. The van der Waals surface area contributed by atoms with Crippen molar-refractivity contribution in [3.63, 3.8) is 0 Å². The van der Waals surface area contributed by atoms with Gasteiger partial charge in [0.15, 0.2) is 0 Å². The molecular weight excluding hydrogens is 220 g/mol. The predicted molar refractivity (Wildman–Crippen MR) is 76.0 cm³/mol. The molecule has 2 aliphatic rings. The molecule has 2 heteroatoms. The highest BCUT2D eigenvalue weighted by Gasteiger charge is 2.37. The lowest BCUT2D eigenvalue weighted by Gasteiger charge is -2.30. The van der Waals surface area contributed by atoms with Crippen LogP contribution in [0.15, 0.2) is 47.9 Å². The van der Waals surface area contributed by atoms with Gasteiger partial charge in [-0.3, -0.25) is 0 Å². The van der Waals surface area contributed by atoms with Crippen molar-refractivity contribution in [2.24, 2.45) is 5.89 Å². The van der Waals surface area contributed by atoms with Gasteiger partial charge in [-0.1, -0.05) is 31.2 Å². The summed E-state index contributed by atoms with van der Waals surface area (Å²) in [5.41, 5.74) is 3.48. The molecule has 0 fully saturated rings. The Labute approximate surface area is 115 Å². The van der Waals surface area contributed by atoms with E-state index >= 15 is 0 Å². The summed E-state index contributed by atoms with van der Waals surface area (Å²) in [6, 6.07) is 7.77. The number of allylic oxidation sites excluding steroid dienone is 2. The summed E-state index contributed by atoms with van der Waals surface area (Å²) in [5.74, 6) is -0.898. The molecule has 2 nitrogen and oxygen atoms in total. The minimum Gasteiger partial charge on any atom is -0.329 e. The second-order valence-corrected chi connectivity index (χ2v) is 4.87. The number of nitrogens with zero attached hydrogens (tertiary/aromatic N) is 2. The molecule has 0 saturated carbocycles. The van der Waals surface area contributed by atoms with E-state index in [4.69, 9.17) is 5.48 Å². The van der Waals surface area contributed by atoms with Crippen LogP contribution in [0.2, 0.25) is 0 Å². The fourth-order valence-electron chi connectivity index (χ4n) is 2.79. The molecule has 1 aromatic carbocycles. The maximum absolute atomic E-state index is 8.45. The highest BCUT2D eigenvalue weighted by atomic mass is 15.4. The van der Waals surface area contributed by atoms with E-state index in [2.05, 4.69) is 0 Å². The van der Waals surface area contributed by atoms with Crippen LogP contribution in [0.1, 0.15) is 31.7 Å². The van der Waals surface area contributed by atoms with Crippen LogP contribution in [0.5, 0.6) is 0 Å². The summed E-state index contributed by atoms with van der Waals surface area (Å²) in [5, 5.41) is 0. The van der Waals surface area contributed by atoms with Gasteiger partial charge in [-0.25, -0.2) is 0 Å². The lowest BCUT2D eigenvalue weighted by molar-refractivity contribution is 0.394. The van der Waals surface area contributed by atoms with Crippen molar-refractivity contribution in [2.75, 3.05) is 4.90 Å². The van der Waals surface area contributed by atoms with Gasteiger partial charge in [0.05, 0.1) is 0 Å². The normalized spacial score (nSPS) is 34.3. The Morgan fingerprint density at radius 1 is 1.28 bits per heavy atom. The largest absolute Gasteiger partial charge is 0.329 e. The number of hydrogen-bond donors (Lipinski definition) is 0. The van der Waals surface area contributed by atoms with Gasteiger partial charge >= 0.3 is 0 Å². The van der Waals surface area contributed by atoms with Gasteiger partial charge in [0.2, 0.25) is 0 Å². The number of para-hydroxylation sites is 1. The van der Waals surface area contributed by atoms with E-state index in [1.807, 2.05) is 43.0 Å². The fraction of sp³-hybridized carbons (Fsp3) is 0.375. The molecule has 0 aromatic heterocycles. The second-order valence-electron chi connectivity index (χ2n) is 4.87. The van der Waals surface area contributed by atoms with Gasteiger partial charge in [0.1, 0.15) is 6.17 Å². The zero-order valence-electron chi connectivity index (χ0n) is 14.9. The van der Waals surface area contributed by atoms with E-state index in [0.29, 0.717) is 0 Å². The summed E-state index contributed by atoms with van der Waals surface area (Å²) in [6.07, 6.45) is 2.69. The van der Waals surface area contributed by atoms with Gasteiger partial charge in [-0.15, -0.1) is 0 Å². The lowest BCUT2D eigenvalue weighted by Crippen LogP contribution is -2.34. The number of rotatable bonds is 1. The number of hydrogen-bond acceptors (Lipinski definition) is 2. The van der Waals surface area contributed by atoms with E-state index in [1.165, 1.54) is 0 Å². The first-order chi connectivity index (χ1) is 10.1. The van der Waals surface area contributed by atoms with Crippen molar-refractivity contribution in [3.05, 3.63) is 53.5 Å². The smallest absolute Gasteiger partial charge is 0.107 e. The van der Waals surface area contributed by atoms with E-state index in [0.717, 1.165) is 22.6 Å². The topological polar surface area (TPSA) is 6.48 Å². The first-order valence-corrected chi connectivity index (χ1v) is 6.18. The third-order valence-electron chi connectivity index (χ3n) is 3.70. The number of benzene rings is 1. The van der Waals surface area contributed by atoms with Crippen molar-refractivity contribution < 1.29 is 5.48 Å². The number of aryl methyl sites for hydroxylation is 1. The molecule has 94 valence electrons. The summed E-state index contributed by atoms with van der Waals surface area (Å²) < 4.78 is 32.4. The average molecular weight is 244 g/mol. The maximum atomic E-state index is 8.45. The quantitative estimate of drug-likeness (QED) is 0.740. The SMILES string of the molecule is [2H]C1(C)C=CN2C1=C(C)N(c1ccccc1C)C2C([2H])([2H])[2H]. The van der Waals surface area contributed by atoms with Gasteiger partial charge in [-0.05, 0) is 32.3 Å². The Balaban J connectivity index is 2.19. The summed E-state index contributed by atoms with van der Waals surface area (Å²) in [4.78, 5) is 3.59. The van der Waals surface area contributed by atoms with E-state index in [9.17, 15) is 0 Å². The van der Waals surface area contributed by atoms with Crippen LogP contribution in [0.25, 0.3) is 0 Å². The molecule has 0 spiro atoms. The van der Waals surface area contributed by atoms with Crippen molar-refractivity contribution >= 4 is 5.69 Å². The zero-order valence-corrected chi connectivity index (χ0v) is 10.9. The lowest BCUT2D eigenvalue weighted by atomic mass is 10.1. The molecular formula is C16H20N2. The third kappa shape index (κ3) is 1.41. The Hall–Kier alpha value is -1.70. The average Bonchev–Trinajstić information content (AvgIpc) is 2.86. The maximum Gasteiger partial charge on any atom is 0.107 e. The Kier molecular flexibility index (Phi) is 1.67. The van der Waals surface area contributed by atoms with Gasteiger partial charge < -0.3 is 9.80 Å². The molecule has 0 aliphatic carbocycles. The van der Waals surface area contributed by atoms with E-state index < -0.39 is 18.9 Å². The summed E-state index contributed by atoms with van der Waals surface area (Å²) >= 11 is 0. The van der Waals surface area contributed by atoms with Gasteiger partial charge in [0.25, 0.3) is 0 Å². The first-order valence-electron chi connectivity index (χ1n) is 8.18. The van der Waals surface area contributed by atoms with Crippen molar-refractivity contribution in [1.29, 1.82) is 0 Å². The summed E-state index contributed by atoms with van der Waals surface area (Å²) in [7, 11) is 0. The molecule has 2 atom stereocenters. The van der Waals surface area contributed by atoms with Gasteiger partial charge in [0, 0.05) is 34.7 Å². The molecule has 0 amide bonds. The highest BCUT2D eigenvalue weighted by molar-refractivity contribution is 5.61. The highest BCUT2D eigenvalue weighted by Crippen LogP contribution is 2.41. The van der Waals surface area contributed by atoms with Crippen molar-refractivity contribution in [1.82, 2.24) is 4.90 Å². The number of fused-ring (bicyclic) bond motifs is 1. The van der Waals surface area contributed by atoms with Crippen LogP contribution < -0.4 is 4.90 Å². The standard InChI is InChI=1S/C16H20N2/c1-11-7-5-6-8-15(11)18-13(3)16-12(2)9-10-17(16)14(18)4/h5-10,12,14H,1-4H3/i4D3,12D. The monoisotopic (exact) mass is 244 g/mol. The molecule has 0 radical (unpaired) electrons. The van der Waals surface area contributed by atoms with Crippen molar-refractivity contribution in [2.45, 2.75) is 33.8 Å². The minimum absolute atomic E-state index is 0.747. The molecule has 2 unspecified atom stereocenters. The Morgan fingerprint density at radius 2 is 2.06 bits per heavy atom. The zero-order chi connectivity index (χ0) is 16.3. The van der Waals surface area contributed by atoms with Crippen LogP contribution in [0.3, 0.4) is 0 Å². The minimum atomic E-state index is -2.18. The predicted octanol–water partition coefficient (Wildman–Crippen LogP) is 3.86. The van der Waals surface area contributed by atoms with Crippen LogP contribution in [-0.4, -0.2) is 11.1 Å². The molecule has 2 heterocycles. The van der Waals surface area contributed by atoms with Crippen LogP contribution in [-0.2, 0) is 0 Å². The number of anilines is 1. The molecule has 0 N–H and O–H groups in total. The molecule has 1 aromatic rings. The second kappa shape index (κ2) is 3.91. The molecule has 0 bridgehead atoms.